The maximum atomic E-state index is 10.9. The van der Waals surface area contributed by atoms with Crippen LogP contribution in [0.2, 0.25) is 5.02 Å². The van der Waals surface area contributed by atoms with Crippen molar-refractivity contribution >= 4 is 17.6 Å². The molecule has 92 valence electrons. The SMILES string of the molecule is CC(C(=O)O)c1ccc(CC2CCC2)c(Cl)c1. The van der Waals surface area contributed by atoms with Gasteiger partial charge in [0.1, 0.15) is 0 Å². The average Bonchev–Trinajstić information content (AvgIpc) is 2.23. The van der Waals surface area contributed by atoms with Crippen molar-refractivity contribution < 1.29 is 9.90 Å². The molecular weight excluding hydrogens is 236 g/mol. The van der Waals surface area contributed by atoms with Gasteiger partial charge in [0.2, 0.25) is 0 Å². The molecule has 0 spiro atoms. The molecule has 1 aromatic rings. The lowest BCUT2D eigenvalue weighted by atomic mass is 9.81. The van der Waals surface area contributed by atoms with Crippen LogP contribution >= 0.6 is 11.6 Å². The first-order valence-electron chi connectivity index (χ1n) is 6.09. The van der Waals surface area contributed by atoms with Crippen LogP contribution in [0.1, 0.15) is 43.2 Å². The fourth-order valence-electron chi connectivity index (χ4n) is 2.15. The van der Waals surface area contributed by atoms with Crippen LogP contribution in [-0.4, -0.2) is 11.1 Å². The van der Waals surface area contributed by atoms with Gasteiger partial charge in [0.05, 0.1) is 5.92 Å². The largest absolute Gasteiger partial charge is 0.481 e. The zero-order chi connectivity index (χ0) is 12.4. The van der Waals surface area contributed by atoms with Crippen molar-refractivity contribution in [3.63, 3.8) is 0 Å². The van der Waals surface area contributed by atoms with Gasteiger partial charge in [0.15, 0.2) is 0 Å². The second-order valence-electron chi connectivity index (χ2n) is 4.91. The van der Waals surface area contributed by atoms with Crippen LogP contribution in [0.5, 0.6) is 0 Å². The van der Waals surface area contributed by atoms with Crippen molar-refractivity contribution in [3.8, 4) is 0 Å². The summed E-state index contributed by atoms with van der Waals surface area (Å²) >= 11 is 6.21. The van der Waals surface area contributed by atoms with E-state index >= 15 is 0 Å². The normalized spacial score (nSPS) is 17.5. The third kappa shape index (κ3) is 2.81. The molecule has 1 saturated carbocycles. The Kier molecular flexibility index (Phi) is 3.72. The zero-order valence-corrected chi connectivity index (χ0v) is 10.7. The molecule has 1 aromatic carbocycles. The van der Waals surface area contributed by atoms with Gasteiger partial charge in [-0.2, -0.15) is 0 Å². The maximum Gasteiger partial charge on any atom is 0.310 e. The maximum absolute atomic E-state index is 10.9. The summed E-state index contributed by atoms with van der Waals surface area (Å²) in [5, 5.41) is 9.66. The quantitative estimate of drug-likeness (QED) is 0.883. The monoisotopic (exact) mass is 252 g/mol. The van der Waals surface area contributed by atoms with E-state index in [1.807, 2.05) is 12.1 Å². The van der Waals surface area contributed by atoms with E-state index in [2.05, 4.69) is 0 Å². The molecule has 0 heterocycles. The lowest BCUT2D eigenvalue weighted by Crippen LogP contribution is -2.14. The Balaban J connectivity index is 2.13. The third-order valence-corrected chi connectivity index (χ3v) is 4.03. The van der Waals surface area contributed by atoms with Crippen LogP contribution in [0.15, 0.2) is 18.2 Å². The second-order valence-corrected chi connectivity index (χ2v) is 5.32. The Hall–Kier alpha value is -1.02. The molecule has 0 aliphatic heterocycles. The van der Waals surface area contributed by atoms with Crippen LogP contribution < -0.4 is 0 Å². The molecule has 2 rings (SSSR count). The van der Waals surface area contributed by atoms with Gasteiger partial charge in [-0.15, -0.1) is 0 Å². The summed E-state index contributed by atoms with van der Waals surface area (Å²) in [6.45, 7) is 1.68. The van der Waals surface area contributed by atoms with Gasteiger partial charge >= 0.3 is 5.97 Å². The van der Waals surface area contributed by atoms with Crippen molar-refractivity contribution in [3.05, 3.63) is 34.3 Å². The summed E-state index contributed by atoms with van der Waals surface area (Å²) in [4.78, 5) is 10.9. The van der Waals surface area contributed by atoms with Crippen LogP contribution in [0.3, 0.4) is 0 Å². The first kappa shape index (κ1) is 12.4. The van der Waals surface area contributed by atoms with Gasteiger partial charge in [-0.3, -0.25) is 4.79 Å². The van der Waals surface area contributed by atoms with E-state index < -0.39 is 11.9 Å². The predicted molar refractivity (Wildman–Crippen MR) is 68.5 cm³/mol. The van der Waals surface area contributed by atoms with Crippen LogP contribution in [0.25, 0.3) is 0 Å². The summed E-state index contributed by atoms with van der Waals surface area (Å²) in [6.07, 6.45) is 4.95. The number of aliphatic carboxylic acids is 1. The van der Waals surface area contributed by atoms with Crippen LogP contribution in [-0.2, 0) is 11.2 Å². The number of benzene rings is 1. The molecule has 2 nitrogen and oxygen atoms in total. The summed E-state index contributed by atoms with van der Waals surface area (Å²) in [5.41, 5.74) is 1.93. The van der Waals surface area contributed by atoms with Crippen molar-refractivity contribution in [2.75, 3.05) is 0 Å². The third-order valence-electron chi connectivity index (χ3n) is 3.68. The zero-order valence-electron chi connectivity index (χ0n) is 9.95. The Bertz CT molecular complexity index is 424. The number of carbonyl (C=O) groups is 1. The molecule has 17 heavy (non-hydrogen) atoms. The lowest BCUT2D eigenvalue weighted by Gasteiger charge is -2.25. The van der Waals surface area contributed by atoms with Gasteiger partial charge in [-0.25, -0.2) is 0 Å². The number of carboxylic acids is 1. The van der Waals surface area contributed by atoms with Crippen LogP contribution in [0, 0.1) is 5.92 Å². The molecule has 1 aliphatic rings. The Morgan fingerprint density at radius 3 is 2.71 bits per heavy atom. The summed E-state index contributed by atoms with van der Waals surface area (Å²) in [5.74, 6) is -0.534. The molecule has 1 fully saturated rings. The van der Waals surface area contributed by atoms with Crippen molar-refractivity contribution in [2.24, 2.45) is 5.92 Å². The highest BCUT2D eigenvalue weighted by Crippen LogP contribution is 2.32. The first-order chi connectivity index (χ1) is 8.08. The van der Waals surface area contributed by atoms with E-state index in [4.69, 9.17) is 16.7 Å². The van der Waals surface area contributed by atoms with E-state index in [0.717, 1.165) is 23.5 Å². The number of hydrogen-bond donors (Lipinski definition) is 1. The molecule has 1 N–H and O–H groups in total. The van der Waals surface area contributed by atoms with E-state index in [1.165, 1.54) is 19.3 Å². The van der Waals surface area contributed by atoms with Crippen molar-refractivity contribution in [1.29, 1.82) is 0 Å². The van der Waals surface area contributed by atoms with Crippen molar-refractivity contribution in [2.45, 2.75) is 38.5 Å². The molecule has 1 aliphatic carbocycles. The van der Waals surface area contributed by atoms with Gasteiger partial charge in [0.25, 0.3) is 0 Å². The number of rotatable bonds is 4. The van der Waals surface area contributed by atoms with Gasteiger partial charge in [-0.1, -0.05) is 43.0 Å². The fraction of sp³-hybridized carbons (Fsp3) is 0.500. The fourth-order valence-corrected chi connectivity index (χ4v) is 2.42. The Morgan fingerprint density at radius 1 is 1.53 bits per heavy atom. The minimum absolute atomic E-state index is 0.495. The molecule has 1 atom stereocenters. The highest BCUT2D eigenvalue weighted by Gasteiger charge is 2.20. The van der Waals surface area contributed by atoms with E-state index in [-0.39, 0.29) is 0 Å². The van der Waals surface area contributed by atoms with Crippen LogP contribution in [0.4, 0.5) is 0 Å². The molecule has 0 radical (unpaired) electrons. The average molecular weight is 253 g/mol. The predicted octanol–water partition coefficient (Wildman–Crippen LogP) is 3.87. The number of carboxylic acid groups (broad SMARTS) is 1. The summed E-state index contributed by atoms with van der Waals surface area (Å²) < 4.78 is 0. The highest BCUT2D eigenvalue weighted by atomic mass is 35.5. The van der Waals surface area contributed by atoms with E-state index in [1.54, 1.807) is 13.0 Å². The topological polar surface area (TPSA) is 37.3 Å². The summed E-state index contributed by atoms with van der Waals surface area (Å²) in [7, 11) is 0. The Morgan fingerprint density at radius 2 is 2.24 bits per heavy atom. The van der Waals surface area contributed by atoms with Crippen molar-refractivity contribution in [1.82, 2.24) is 0 Å². The number of hydrogen-bond acceptors (Lipinski definition) is 1. The minimum atomic E-state index is -0.812. The molecule has 0 aromatic heterocycles. The first-order valence-corrected chi connectivity index (χ1v) is 6.47. The van der Waals surface area contributed by atoms with Gasteiger partial charge in [0, 0.05) is 5.02 Å². The molecule has 3 heteroatoms. The van der Waals surface area contributed by atoms with Gasteiger partial charge < -0.3 is 5.11 Å². The Labute approximate surface area is 107 Å². The minimum Gasteiger partial charge on any atom is -0.481 e. The lowest BCUT2D eigenvalue weighted by molar-refractivity contribution is -0.138. The van der Waals surface area contributed by atoms with Gasteiger partial charge in [-0.05, 0) is 36.5 Å². The molecular formula is C14H17ClO2. The molecule has 1 unspecified atom stereocenters. The molecule has 0 saturated heterocycles. The molecule has 0 amide bonds. The van der Waals surface area contributed by atoms with E-state index in [0.29, 0.717) is 5.02 Å². The molecule has 0 bridgehead atoms. The standard InChI is InChI=1S/C14H17ClO2/c1-9(14(16)17)11-5-6-12(13(15)8-11)7-10-3-2-4-10/h5-6,8-10H,2-4,7H2,1H3,(H,16,17). The highest BCUT2D eigenvalue weighted by molar-refractivity contribution is 6.31. The summed E-state index contributed by atoms with van der Waals surface area (Å²) in [6, 6.07) is 5.67. The number of halogens is 1. The second kappa shape index (κ2) is 5.09. The van der Waals surface area contributed by atoms with E-state index in [9.17, 15) is 4.79 Å². The smallest absolute Gasteiger partial charge is 0.310 e.